The SMILES string of the molecule is CCC(C)NC(=O)C(Cc1ccccc1)N(Cc1ccc(Cl)cc1)C(=O)COc1ccc([N+](=O)[O-])c(OC)c1. The zero-order chi connectivity index (χ0) is 28.4. The summed E-state index contributed by atoms with van der Waals surface area (Å²) in [5.41, 5.74) is 1.47. The number of nitro benzene ring substituents is 1. The van der Waals surface area contributed by atoms with Gasteiger partial charge in [-0.1, -0.05) is 61.0 Å². The van der Waals surface area contributed by atoms with Gasteiger partial charge in [0.2, 0.25) is 11.7 Å². The molecule has 1 N–H and O–H groups in total. The van der Waals surface area contributed by atoms with Crippen molar-refractivity contribution in [2.75, 3.05) is 13.7 Å². The molecule has 0 aliphatic heterocycles. The first-order valence-electron chi connectivity index (χ1n) is 12.5. The van der Waals surface area contributed by atoms with Crippen molar-refractivity contribution < 1.29 is 24.0 Å². The lowest BCUT2D eigenvalue weighted by Gasteiger charge is -2.32. The summed E-state index contributed by atoms with van der Waals surface area (Å²) < 4.78 is 10.8. The highest BCUT2D eigenvalue weighted by Crippen LogP contribution is 2.31. The summed E-state index contributed by atoms with van der Waals surface area (Å²) in [4.78, 5) is 39.3. The Bertz CT molecular complexity index is 1270. The first kappa shape index (κ1) is 29.4. The fraction of sp³-hybridized carbons (Fsp3) is 0.310. The van der Waals surface area contributed by atoms with Crippen molar-refractivity contribution in [1.82, 2.24) is 10.2 Å². The number of nitro groups is 1. The quantitative estimate of drug-likeness (QED) is 0.230. The van der Waals surface area contributed by atoms with E-state index in [0.29, 0.717) is 11.4 Å². The van der Waals surface area contributed by atoms with Gasteiger partial charge in [0.15, 0.2) is 6.61 Å². The summed E-state index contributed by atoms with van der Waals surface area (Å²) in [6.45, 7) is 3.64. The van der Waals surface area contributed by atoms with Crippen LogP contribution < -0.4 is 14.8 Å². The lowest BCUT2D eigenvalue weighted by Crippen LogP contribution is -2.53. The average molecular weight is 554 g/mol. The van der Waals surface area contributed by atoms with Crippen molar-refractivity contribution >= 4 is 29.1 Å². The molecule has 0 radical (unpaired) electrons. The van der Waals surface area contributed by atoms with E-state index in [1.54, 1.807) is 24.3 Å². The largest absolute Gasteiger partial charge is 0.490 e. The minimum Gasteiger partial charge on any atom is -0.490 e. The van der Waals surface area contributed by atoms with E-state index in [1.807, 2.05) is 44.2 Å². The van der Waals surface area contributed by atoms with Crippen LogP contribution in [0.3, 0.4) is 0 Å². The number of nitrogens with one attached hydrogen (secondary N) is 1. The summed E-state index contributed by atoms with van der Waals surface area (Å²) in [7, 11) is 1.31. The minimum absolute atomic E-state index is 0.0119. The van der Waals surface area contributed by atoms with Gasteiger partial charge < -0.3 is 19.7 Å². The lowest BCUT2D eigenvalue weighted by molar-refractivity contribution is -0.385. The lowest BCUT2D eigenvalue weighted by atomic mass is 10.0. The summed E-state index contributed by atoms with van der Waals surface area (Å²) in [6, 6.07) is 19.6. The van der Waals surface area contributed by atoms with E-state index in [9.17, 15) is 19.7 Å². The van der Waals surface area contributed by atoms with Crippen LogP contribution in [0.15, 0.2) is 72.8 Å². The molecule has 39 heavy (non-hydrogen) atoms. The molecular formula is C29H32ClN3O6. The number of carbonyl (C=O) groups excluding carboxylic acids is 2. The van der Waals surface area contributed by atoms with Gasteiger partial charge in [0, 0.05) is 36.2 Å². The van der Waals surface area contributed by atoms with Gasteiger partial charge in [0.1, 0.15) is 11.8 Å². The Kier molecular flexibility index (Phi) is 10.7. The number of carbonyl (C=O) groups is 2. The second-order valence-corrected chi connectivity index (χ2v) is 9.49. The van der Waals surface area contributed by atoms with Crippen molar-refractivity contribution in [3.05, 3.63) is 99.1 Å². The van der Waals surface area contributed by atoms with Gasteiger partial charge in [0.25, 0.3) is 5.91 Å². The molecular weight excluding hydrogens is 522 g/mol. The summed E-state index contributed by atoms with van der Waals surface area (Å²) in [6.07, 6.45) is 1.04. The molecule has 0 saturated carbocycles. The maximum absolute atomic E-state index is 13.7. The predicted octanol–water partition coefficient (Wildman–Crippen LogP) is 5.19. The fourth-order valence-corrected chi connectivity index (χ4v) is 4.03. The maximum atomic E-state index is 13.7. The zero-order valence-corrected chi connectivity index (χ0v) is 22.9. The van der Waals surface area contributed by atoms with E-state index in [4.69, 9.17) is 21.1 Å². The van der Waals surface area contributed by atoms with Gasteiger partial charge in [-0.3, -0.25) is 19.7 Å². The number of amides is 2. The molecule has 2 unspecified atom stereocenters. The van der Waals surface area contributed by atoms with Crippen LogP contribution >= 0.6 is 11.6 Å². The van der Waals surface area contributed by atoms with Crippen LogP contribution in [0.4, 0.5) is 5.69 Å². The molecule has 9 nitrogen and oxygen atoms in total. The minimum atomic E-state index is -0.820. The van der Waals surface area contributed by atoms with Crippen LogP contribution in [-0.4, -0.2) is 47.4 Å². The van der Waals surface area contributed by atoms with E-state index < -0.39 is 23.5 Å². The van der Waals surface area contributed by atoms with Gasteiger partial charge in [-0.25, -0.2) is 0 Å². The highest BCUT2D eigenvalue weighted by atomic mass is 35.5. The van der Waals surface area contributed by atoms with Crippen molar-refractivity contribution in [2.45, 2.75) is 45.3 Å². The molecule has 0 bridgehead atoms. The van der Waals surface area contributed by atoms with Crippen molar-refractivity contribution in [1.29, 1.82) is 0 Å². The number of hydrogen-bond donors (Lipinski definition) is 1. The van der Waals surface area contributed by atoms with Gasteiger partial charge in [0.05, 0.1) is 12.0 Å². The van der Waals surface area contributed by atoms with Gasteiger partial charge in [-0.2, -0.15) is 0 Å². The number of benzene rings is 3. The van der Waals surface area contributed by atoms with E-state index >= 15 is 0 Å². The molecule has 10 heteroatoms. The normalized spacial score (nSPS) is 12.2. The van der Waals surface area contributed by atoms with Crippen LogP contribution in [0, 0.1) is 10.1 Å². The molecule has 2 atom stereocenters. The number of nitrogens with zero attached hydrogens (tertiary/aromatic N) is 2. The number of methoxy groups -OCH3 is 1. The van der Waals surface area contributed by atoms with Crippen LogP contribution in [0.25, 0.3) is 0 Å². The van der Waals surface area contributed by atoms with Crippen molar-refractivity contribution in [3.8, 4) is 11.5 Å². The predicted molar refractivity (Wildman–Crippen MR) is 149 cm³/mol. The van der Waals surface area contributed by atoms with Gasteiger partial charge in [-0.05, 0) is 42.7 Å². The Morgan fingerprint density at radius 2 is 1.74 bits per heavy atom. The molecule has 3 aromatic carbocycles. The van der Waals surface area contributed by atoms with E-state index in [-0.39, 0.29) is 35.7 Å². The third kappa shape index (κ3) is 8.44. The molecule has 0 heterocycles. The Labute approximate surface area is 232 Å². The summed E-state index contributed by atoms with van der Waals surface area (Å²) in [5, 5.41) is 14.8. The molecule has 0 saturated heterocycles. The van der Waals surface area contributed by atoms with E-state index in [1.165, 1.54) is 30.2 Å². The topological polar surface area (TPSA) is 111 Å². The second kappa shape index (κ2) is 14.2. The smallest absolute Gasteiger partial charge is 0.311 e. The number of ether oxygens (including phenoxy) is 2. The molecule has 0 spiro atoms. The van der Waals surface area contributed by atoms with Gasteiger partial charge >= 0.3 is 5.69 Å². The molecule has 3 rings (SSSR count). The van der Waals surface area contributed by atoms with E-state index in [0.717, 1.165) is 17.5 Å². The fourth-order valence-electron chi connectivity index (χ4n) is 3.91. The highest BCUT2D eigenvalue weighted by molar-refractivity contribution is 6.30. The molecule has 206 valence electrons. The molecule has 2 amide bonds. The number of rotatable bonds is 13. The van der Waals surface area contributed by atoms with Crippen molar-refractivity contribution in [2.24, 2.45) is 0 Å². The Morgan fingerprint density at radius 1 is 1.05 bits per heavy atom. The number of halogens is 1. The molecule has 0 fully saturated rings. The van der Waals surface area contributed by atoms with Crippen molar-refractivity contribution in [3.63, 3.8) is 0 Å². The molecule has 0 aliphatic rings. The first-order chi connectivity index (χ1) is 18.7. The Morgan fingerprint density at radius 3 is 2.36 bits per heavy atom. The average Bonchev–Trinajstić information content (AvgIpc) is 2.94. The number of hydrogen-bond acceptors (Lipinski definition) is 6. The second-order valence-electron chi connectivity index (χ2n) is 9.05. The van der Waals surface area contributed by atoms with Crippen LogP contribution in [0.5, 0.6) is 11.5 Å². The third-order valence-corrected chi connectivity index (χ3v) is 6.50. The first-order valence-corrected chi connectivity index (χ1v) is 12.9. The van der Waals surface area contributed by atoms with Gasteiger partial charge in [-0.15, -0.1) is 0 Å². The zero-order valence-electron chi connectivity index (χ0n) is 22.1. The standard InChI is InChI=1S/C29H32ClN3O6/c1-4-20(2)31-29(35)26(16-21-8-6-5-7-9-21)32(18-22-10-12-23(30)13-11-22)28(34)19-39-24-14-15-25(33(36)37)27(17-24)38-3/h5-15,17,20,26H,4,16,18-19H2,1-3H3,(H,31,35). The highest BCUT2D eigenvalue weighted by Gasteiger charge is 2.31. The van der Waals surface area contributed by atoms with Crippen LogP contribution in [-0.2, 0) is 22.6 Å². The summed E-state index contributed by atoms with van der Waals surface area (Å²) in [5.74, 6) is -0.464. The third-order valence-electron chi connectivity index (χ3n) is 6.25. The molecule has 0 aromatic heterocycles. The van der Waals surface area contributed by atoms with E-state index in [2.05, 4.69) is 5.32 Å². The monoisotopic (exact) mass is 553 g/mol. The Hall–Kier alpha value is -4.11. The van der Waals surface area contributed by atoms with Crippen LogP contribution in [0.2, 0.25) is 5.02 Å². The Balaban J connectivity index is 1.91. The van der Waals surface area contributed by atoms with Crippen LogP contribution in [0.1, 0.15) is 31.4 Å². The maximum Gasteiger partial charge on any atom is 0.311 e. The molecule has 0 aliphatic carbocycles. The molecule has 3 aromatic rings. The summed E-state index contributed by atoms with van der Waals surface area (Å²) >= 11 is 6.06.